The molecule has 0 aromatic heterocycles. The van der Waals surface area contributed by atoms with Crippen LogP contribution in [0.3, 0.4) is 0 Å². The zero-order valence-corrected chi connectivity index (χ0v) is 15.7. The average Bonchev–Trinajstić information content (AvgIpc) is 2.63. The minimum Gasteiger partial charge on any atom is -0.497 e. The van der Waals surface area contributed by atoms with Crippen molar-refractivity contribution in [2.24, 2.45) is 0 Å². The zero-order valence-electron chi connectivity index (χ0n) is 14.2. The second kappa shape index (κ2) is 9.31. The lowest BCUT2D eigenvalue weighted by Crippen LogP contribution is -2.22. The van der Waals surface area contributed by atoms with Gasteiger partial charge in [-0.05, 0) is 29.8 Å². The Hall–Kier alpha value is -2.44. The van der Waals surface area contributed by atoms with Crippen molar-refractivity contribution in [2.45, 2.75) is 6.42 Å². The molecule has 0 aliphatic rings. The predicted molar refractivity (Wildman–Crippen MR) is 99.3 cm³/mol. The first-order chi connectivity index (χ1) is 12.4. The quantitative estimate of drug-likeness (QED) is 0.720. The zero-order chi connectivity index (χ0) is 19.1. The van der Waals surface area contributed by atoms with Crippen molar-refractivity contribution >= 4 is 40.8 Å². The molecule has 0 aliphatic carbocycles. The summed E-state index contributed by atoms with van der Waals surface area (Å²) in [6.07, 6.45) is -0.0178. The molecule has 26 heavy (non-hydrogen) atoms. The molecular weight excluding hydrogens is 381 g/mol. The van der Waals surface area contributed by atoms with Gasteiger partial charge in [0.05, 0.1) is 36.4 Å². The molecule has 0 bridgehead atoms. The number of esters is 1. The molecule has 0 unspecified atom stereocenters. The number of carbonyl (C=O) groups is 2. The Kier molecular flexibility index (Phi) is 7.12. The number of carbonyl (C=O) groups excluding carboxylic acids is 2. The Labute approximate surface area is 160 Å². The van der Waals surface area contributed by atoms with Gasteiger partial charge in [0, 0.05) is 6.07 Å². The Morgan fingerprint density at radius 2 is 1.77 bits per heavy atom. The van der Waals surface area contributed by atoms with E-state index in [1.807, 2.05) is 0 Å². The smallest absolute Gasteiger partial charge is 0.310 e. The van der Waals surface area contributed by atoms with E-state index >= 15 is 0 Å². The van der Waals surface area contributed by atoms with Crippen LogP contribution in [0.4, 0.5) is 5.69 Å². The minimum absolute atomic E-state index is 0.0178. The van der Waals surface area contributed by atoms with Gasteiger partial charge in [0.1, 0.15) is 11.5 Å². The fourth-order valence-electron chi connectivity index (χ4n) is 2.10. The lowest BCUT2D eigenvalue weighted by atomic mass is 10.1. The van der Waals surface area contributed by atoms with Gasteiger partial charge in [-0.15, -0.1) is 0 Å². The molecule has 0 heterocycles. The molecule has 0 aliphatic heterocycles. The molecule has 138 valence electrons. The van der Waals surface area contributed by atoms with Crippen LogP contribution in [0.2, 0.25) is 10.0 Å². The minimum atomic E-state index is -0.555. The highest BCUT2D eigenvalue weighted by molar-refractivity contribution is 6.42. The molecule has 0 radical (unpaired) electrons. The van der Waals surface area contributed by atoms with Crippen LogP contribution in [0.15, 0.2) is 36.4 Å². The standard InChI is InChI=1S/C18H17Cl2NO5/c1-24-12-4-6-15(16(9-12)25-2)21-17(22)10-26-18(23)8-11-3-5-13(19)14(20)7-11/h3-7,9H,8,10H2,1-2H3,(H,21,22). The number of benzene rings is 2. The molecule has 0 fully saturated rings. The average molecular weight is 398 g/mol. The fourth-order valence-corrected chi connectivity index (χ4v) is 2.42. The third-order valence-corrected chi connectivity index (χ3v) is 4.12. The summed E-state index contributed by atoms with van der Waals surface area (Å²) in [4.78, 5) is 23.8. The monoisotopic (exact) mass is 397 g/mol. The summed E-state index contributed by atoms with van der Waals surface area (Å²) in [7, 11) is 3.00. The number of methoxy groups -OCH3 is 2. The van der Waals surface area contributed by atoms with Crippen LogP contribution in [0.1, 0.15) is 5.56 Å². The van der Waals surface area contributed by atoms with Crippen molar-refractivity contribution in [3.8, 4) is 11.5 Å². The summed E-state index contributed by atoms with van der Waals surface area (Å²) in [6.45, 7) is -0.421. The van der Waals surface area contributed by atoms with Gasteiger partial charge in [0.2, 0.25) is 0 Å². The number of halogens is 2. The number of hydrogen-bond acceptors (Lipinski definition) is 5. The van der Waals surface area contributed by atoms with Gasteiger partial charge in [0.25, 0.3) is 5.91 Å². The highest BCUT2D eigenvalue weighted by atomic mass is 35.5. The normalized spacial score (nSPS) is 10.2. The third-order valence-electron chi connectivity index (χ3n) is 3.38. The Balaban J connectivity index is 1.88. The summed E-state index contributed by atoms with van der Waals surface area (Å²) < 4.78 is 15.3. The van der Waals surface area contributed by atoms with E-state index in [0.29, 0.717) is 32.8 Å². The number of hydrogen-bond donors (Lipinski definition) is 1. The number of rotatable bonds is 7. The van der Waals surface area contributed by atoms with E-state index in [1.165, 1.54) is 14.2 Å². The molecule has 2 aromatic carbocycles. The van der Waals surface area contributed by atoms with Crippen LogP contribution >= 0.6 is 23.2 Å². The van der Waals surface area contributed by atoms with Crippen molar-refractivity contribution in [3.05, 3.63) is 52.0 Å². The molecule has 2 aromatic rings. The van der Waals surface area contributed by atoms with E-state index in [2.05, 4.69) is 5.32 Å². The molecule has 2 rings (SSSR count). The van der Waals surface area contributed by atoms with Crippen LogP contribution in [-0.4, -0.2) is 32.7 Å². The van der Waals surface area contributed by atoms with Gasteiger partial charge in [-0.3, -0.25) is 9.59 Å². The highest BCUT2D eigenvalue weighted by Gasteiger charge is 2.12. The van der Waals surface area contributed by atoms with Gasteiger partial charge in [-0.25, -0.2) is 0 Å². The van der Waals surface area contributed by atoms with Gasteiger partial charge in [0.15, 0.2) is 6.61 Å². The van der Waals surface area contributed by atoms with Gasteiger partial charge < -0.3 is 19.5 Å². The van der Waals surface area contributed by atoms with Crippen molar-refractivity contribution in [3.63, 3.8) is 0 Å². The van der Waals surface area contributed by atoms with Crippen LogP contribution in [0, 0.1) is 0 Å². The molecule has 0 spiro atoms. The lowest BCUT2D eigenvalue weighted by molar-refractivity contribution is -0.146. The molecule has 1 N–H and O–H groups in total. The number of anilines is 1. The predicted octanol–water partition coefficient (Wildman–Crippen LogP) is 3.74. The first-order valence-corrected chi connectivity index (χ1v) is 8.30. The molecule has 6 nitrogen and oxygen atoms in total. The molecule has 0 atom stereocenters. The van der Waals surface area contributed by atoms with E-state index in [0.717, 1.165) is 0 Å². The van der Waals surface area contributed by atoms with E-state index < -0.39 is 18.5 Å². The molecule has 8 heteroatoms. The maximum atomic E-state index is 12.0. The van der Waals surface area contributed by atoms with Crippen LogP contribution in [0.25, 0.3) is 0 Å². The van der Waals surface area contributed by atoms with Gasteiger partial charge in [-0.1, -0.05) is 29.3 Å². The Morgan fingerprint density at radius 1 is 1.00 bits per heavy atom. The molecule has 0 saturated carbocycles. The largest absolute Gasteiger partial charge is 0.497 e. The summed E-state index contributed by atoms with van der Waals surface area (Å²) in [5.41, 5.74) is 1.08. The molecule has 1 amide bonds. The van der Waals surface area contributed by atoms with E-state index in [9.17, 15) is 9.59 Å². The van der Waals surface area contributed by atoms with Crippen LogP contribution in [-0.2, 0) is 20.7 Å². The van der Waals surface area contributed by atoms with Crippen LogP contribution in [0.5, 0.6) is 11.5 Å². The first-order valence-electron chi connectivity index (χ1n) is 7.54. The number of nitrogens with one attached hydrogen (secondary N) is 1. The van der Waals surface area contributed by atoms with Gasteiger partial charge in [-0.2, -0.15) is 0 Å². The van der Waals surface area contributed by atoms with E-state index in [-0.39, 0.29) is 6.42 Å². The van der Waals surface area contributed by atoms with Crippen LogP contribution < -0.4 is 14.8 Å². The summed E-state index contributed by atoms with van der Waals surface area (Å²) in [6, 6.07) is 9.77. The summed E-state index contributed by atoms with van der Waals surface area (Å²) >= 11 is 11.7. The summed E-state index contributed by atoms with van der Waals surface area (Å²) in [5, 5.41) is 3.36. The second-order valence-electron chi connectivity index (χ2n) is 5.20. The summed E-state index contributed by atoms with van der Waals surface area (Å²) in [5.74, 6) is -0.0241. The van der Waals surface area contributed by atoms with Crippen molar-refractivity contribution in [2.75, 3.05) is 26.1 Å². The van der Waals surface area contributed by atoms with Gasteiger partial charge >= 0.3 is 5.97 Å². The maximum Gasteiger partial charge on any atom is 0.310 e. The molecular formula is C18H17Cl2NO5. The Bertz CT molecular complexity index is 810. The lowest BCUT2D eigenvalue weighted by Gasteiger charge is -2.12. The number of ether oxygens (including phenoxy) is 3. The first kappa shape index (κ1) is 19.9. The van der Waals surface area contributed by atoms with Crippen molar-refractivity contribution in [1.29, 1.82) is 0 Å². The van der Waals surface area contributed by atoms with Crippen molar-refractivity contribution < 1.29 is 23.8 Å². The second-order valence-corrected chi connectivity index (χ2v) is 6.01. The number of amides is 1. The maximum absolute atomic E-state index is 12.0. The highest BCUT2D eigenvalue weighted by Crippen LogP contribution is 2.29. The third kappa shape index (κ3) is 5.54. The Morgan fingerprint density at radius 3 is 2.42 bits per heavy atom. The van der Waals surface area contributed by atoms with E-state index in [4.69, 9.17) is 37.4 Å². The molecule has 0 saturated heterocycles. The topological polar surface area (TPSA) is 73.9 Å². The SMILES string of the molecule is COc1ccc(NC(=O)COC(=O)Cc2ccc(Cl)c(Cl)c2)c(OC)c1. The fraction of sp³-hybridized carbons (Fsp3) is 0.222. The van der Waals surface area contributed by atoms with E-state index in [1.54, 1.807) is 36.4 Å². The van der Waals surface area contributed by atoms with Crippen molar-refractivity contribution in [1.82, 2.24) is 0 Å².